The molecule has 1 saturated heterocycles. The van der Waals surface area contributed by atoms with Crippen LogP contribution in [0, 0.1) is 12.3 Å². The van der Waals surface area contributed by atoms with E-state index in [0.717, 1.165) is 49.5 Å². The molecule has 5 heterocycles. The number of rotatable bonds is 1. The van der Waals surface area contributed by atoms with Gasteiger partial charge in [0.25, 0.3) is 0 Å². The van der Waals surface area contributed by atoms with Gasteiger partial charge in [0.2, 0.25) is 5.95 Å². The maximum atomic E-state index is 13.1. The zero-order valence-corrected chi connectivity index (χ0v) is 18.4. The normalized spacial score (nSPS) is 26.3. The standard InChI is InChI=1S/C22H26N6OS/c1-14-13-25-20(28-11-8-24-19(14)28)27-9-5-22(6-10-27)12-16-17-15(4-7-23-16)21(2,3)30(29)26-18(17)22/h4,7-8,11,13,18,26H,5-6,9-10,12H2,1-3H3/t18-,30?/m1/s1. The van der Waals surface area contributed by atoms with Crippen LogP contribution in [-0.4, -0.2) is 37.0 Å². The van der Waals surface area contributed by atoms with Crippen molar-refractivity contribution >= 4 is 23.0 Å². The lowest BCUT2D eigenvalue weighted by Crippen LogP contribution is -2.53. The highest BCUT2D eigenvalue weighted by atomic mass is 32.2. The van der Waals surface area contributed by atoms with Gasteiger partial charge in [0.15, 0.2) is 4.75 Å². The largest absolute Gasteiger partial charge is 0.597 e. The van der Waals surface area contributed by atoms with Gasteiger partial charge < -0.3 is 9.45 Å². The summed E-state index contributed by atoms with van der Waals surface area (Å²) in [4.78, 5) is 16.3. The molecule has 156 valence electrons. The molecule has 1 spiro atoms. The first-order valence-corrected chi connectivity index (χ1v) is 11.8. The van der Waals surface area contributed by atoms with Crippen molar-refractivity contribution in [2.24, 2.45) is 5.41 Å². The quantitative estimate of drug-likeness (QED) is 0.608. The molecule has 0 radical (unpaired) electrons. The fraction of sp³-hybridized carbons (Fsp3) is 0.500. The predicted molar refractivity (Wildman–Crippen MR) is 117 cm³/mol. The van der Waals surface area contributed by atoms with E-state index in [2.05, 4.69) is 38.9 Å². The van der Waals surface area contributed by atoms with Gasteiger partial charge in [-0.2, -0.15) is 0 Å². The van der Waals surface area contributed by atoms with Crippen molar-refractivity contribution in [1.29, 1.82) is 0 Å². The summed E-state index contributed by atoms with van der Waals surface area (Å²) in [6, 6.07) is 2.19. The fourth-order valence-electron chi connectivity index (χ4n) is 5.67. The highest BCUT2D eigenvalue weighted by Crippen LogP contribution is 2.57. The van der Waals surface area contributed by atoms with Crippen molar-refractivity contribution < 1.29 is 4.55 Å². The summed E-state index contributed by atoms with van der Waals surface area (Å²) in [5.41, 5.74) is 5.81. The Morgan fingerprint density at radius 2 is 1.97 bits per heavy atom. The third kappa shape index (κ3) is 2.38. The molecule has 1 unspecified atom stereocenters. The minimum atomic E-state index is -1.11. The number of hydrogen-bond acceptors (Lipinski definition) is 6. The van der Waals surface area contributed by atoms with Gasteiger partial charge in [-0.25, -0.2) is 9.97 Å². The lowest BCUT2D eigenvalue weighted by molar-refractivity contribution is 0.172. The van der Waals surface area contributed by atoms with Gasteiger partial charge in [0, 0.05) is 77.0 Å². The Balaban J connectivity index is 1.33. The Hall–Kier alpha value is -2.16. The van der Waals surface area contributed by atoms with Gasteiger partial charge in [-0.15, -0.1) is 4.72 Å². The third-order valence-electron chi connectivity index (χ3n) is 7.45. The zero-order chi connectivity index (χ0) is 20.7. The van der Waals surface area contributed by atoms with E-state index in [-0.39, 0.29) is 11.5 Å². The van der Waals surface area contributed by atoms with Crippen LogP contribution in [0.25, 0.3) is 5.65 Å². The lowest BCUT2D eigenvalue weighted by Gasteiger charge is -2.46. The van der Waals surface area contributed by atoms with Crippen molar-refractivity contribution in [2.75, 3.05) is 18.0 Å². The molecular weight excluding hydrogens is 396 g/mol. The first-order chi connectivity index (χ1) is 14.4. The van der Waals surface area contributed by atoms with Crippen LogP contribution < -0.4 is 9.62 Å². The van der Waals surface area contributed by atoms with Crippen LogP contribution in [0.4, 0.5) is 5.95 Å². The zero-order valence-electron chi connectivity index (χ0n) is 17.6. The number of aromatic nitrogens is 4. The molecule has 7 nitrogen and oxygen atoms in total. The molecule has 0 amide bonds. The van der Waals surface area contributed by atoms with Crippen molar-refractivity contribution in [1.82, 2.24) is 24.1 Å². The number of anilines is 1. The minimum absolute atomic E-state index is 0.0623. The van der Waals surface area contributed by atoms with Gasteiger partial charge in [0.05, 0.1) is 6.04 Å². The van der Waals surface area contributed by atoms with Gasteiger partial charge >= 0.3 is 0 Å². The molecule has 1 aliphatic carbocycles. The van der Waals surface area contributed by atoms with Gasteiger partial charge in [-0.05, 0) is 46.1 Å². The number of aryl methyl sites for hydroxylation is 1. The predicted octanol–water partition coefficient (Wildman–Crippen LogP) is 2.82. The summed E-state index contributed by atoms with van der Waals surface area (Å²) in [5.74, 6) is 0.957. The van der Waals surface area contributed by atoms with Crippen LogP contribution in [0.5, 0.6) is 0 Å². The lowest BCUT2D eigenvalue weighted by atomic mass is 9.72. The van der Waals surface area contributed by atoms with Crippen LogP contribution in [0.2, 0.25) is 0 Å². The maximum Gasteiger partial charge on any atom is 0.211 e. The number of nitrogens with zero attached hydrogens (tertiary/aromatic N) is 5. The maximum absolute atomic E-state index is 13.1. The van der Waals surface area contributed by atoms with Crippen molar-refractivity contribution in [3.63, 3.8) is 0 Å². The van der Waals surface area contributed by atoms with Crippen LogP contribution in [0.15, 0.2) is 30.9 Å². The Labute approximate surface area is 179 Å². The Morgan fingerprint density at radius 1 is 1.17 bits per heavy atom. The highest BCUT2D eigenvalue weighted by molar-refractivity contribution is 7.90. The van der Waals surface area contributed by atoms with E-state index in [1.54, 1.807) is 0 Å². The molecule has 8 heteroatoms. The first kappa shape index (κ1) is 18.6. The van der Waals surface area contributed by atoms with E-state index in [9.17, 15) is 4.55 Å². The van der Waals surface area contributed by atoms with Gasteiger partial charge in [-0.1, -0.05) is 0 Å². The van der Waals surface area contributed by atoms with Crippen molar-refractivity contribution in [3.05, 3.63) is 53.2 Å². The molecule has 0 aromatic carbocycles. The third-order valence-corrected chi connectivity index (χ3v) is 9.05. The fourth-order valence-corrected chi connectivity index (χ4v) is 6.92. The topological polar surface area (TPSA) is 81.4 Å². The summed E-state index contributed by atoms with van der Waals surface area (Å²) in [5, 5.41) is 0. The SMILES string of the molecule is Cc1cnc(N2CCC3(CC2)Cc2nccc4c2[C@H]3N[S+]([O-])C4(C)C)n2ccnc12. The monoisotopic (exact) mass is 422 g/mol. The van der Waals surface area contributed by atoms with Crippen molar-refractivity contribution in [2.45, 2.75) is 50.8 Å². The molecule has 3 aromatic heterocycles. The van der Waals surface area contributed by atoms with Crippen molar-refractivity contribution in [3.8, 4) is 0 Å². The molecule has 2 atom stereocenters. The second-order valence-corrected chi connectivity index (χ2v) is 11.2. The molecule has 6 rings (SSSR count). The second kappa shape index (κ2) is 6.18. The van der Waals surface area contributed by atoms with Gasteiger partial charge in [0.1, 0.15) is 5.65 Å². The molecule has 3 aromatic rings. The Morgan fingerprint density at radius 3 is 2.77 bits per heavy atom. The van der Waals surface area contributed by atoms with Crippen LogP contribution in [0.1, 0.15) is 55.1 Å². The van der Waals surface area contributed by atoms with E-state index in [1.165, 1.54) is 16.8 Å². The van der Waals surface area contributed by atoms with E-state index in [0.29, 0.717) is 0 Å². The number of fused-ring (bicyclic) bond motifs is 2. The van der Waals surface area contributed by atoms with Crippen LogP contribution in [0.3, 0.4) is 0 Å². The number of nitrogens with one attached hydrogen (secondary N) is 1. The average molecular weight is 423 g/mol. The summed E-state index contributed by atoms with van der Waals surface area (Å²) in [6.07, 6.45) is 10.6. The summed E-state index contributed by atoms with van der Waals surface area (Å²) < 4.78 is 18.3. The van der Waals surface area contributed by atoms with E-state index < -0.39 is 16.1 Å². The molecule has 0 saturated carbocycles. The smallest absolute Gasteiger partial charge is 0.211 e. The molecule has 0 bridgehead atoms. The van der Waals surface area contributed by atoms with E-state index >= 15 is 0 Å². The molecule has 1 N–H and O–H groups in total. The Bertz CT molecular complexity index is 1150. The van der Waals surface area contributed by atoms with Crippen LogP contribution in [-0.2, 0) is 22.5 Å². The highest BCUT2D eigenvalue weighted by Gasteiger charge is 2.57. The number of hydrogen-bond donors (Lipinski definition) is 1. The van der Waals surface area contributed by atoms with Gasteiger partial charge in [-0.3, -0.25) is 9.38 Å². The second-order valence-electron chi connectivity index (χ2n) is 9.44. The Kier molecular flexibility index (Phi) is 3.83. The summed E-state index contributed by atoms with van der Waals surface area (Å²) >= 11 is -1.11. The van der Waals surface area contributed by atoms with E-state index in [1.807, 2.05) is 31.7 Å². The number of pyridine rings is 1. The first-order valence-electron chi connectivity index (χ1n) is 10.6. The van der Waals surface area contributed by atoms with Crippen LogP contribution >= 0.6 is 0 Å². The summed E-state index contributed by atoms with van der Waals surface area (Å²) in [6.45, 7) is 8.01. The number of piperidine rings is 1. The number of imidazole rings is 1. The molecular formula is C22H26N6OS. The molecule has 2 aliphatic heterocycles. The minimum Gasteiger partial charge on any atom is -0.597 e. The molecule has 3 aliphatic rings. The summed E-state index contributed by atoms with van der Waals surface area (Å²) in [7, 11) is 0. The molecule has 30 heavy (non-hydrogen) atoms. The molecule has 1 fully saturated rings. The average Bonchev–Trinajstić information content (AvgIpc) is 3.33. The van der Waals surface area contributed by atoms with E-state index in [4.69, 9.17) is 9.97 Å².